The van der Waals surface area contributed by atoms with E-state index < -0.39 is 69.7 Å². The number of carbonyl (C=O) groups is 3. The Kier molecular flexibility index (Phi) is 18.6. The van der Waals surface area contributed by atoms with Gasteiger partial charge in [-0.3, -0.25) is 0 Å². The number of aromatic carboxylic acids is 3. The maximum absolute atomic E-state index is 10.7. The minimum atomic E-state index is -1.32. The Labute approximate surface area is 284 Å². The molecular formula is C21H15Na3O15. The van der Waals surface area contributed by atoms with Gasteiger partial charge in [0.25, 0.3) is 0 Å². The Balaban J connectivity index is -0.000000480. The largest absolute Gasteiger partial charge is 1.00 e. The summed E-state index contributed by atoms with van der Waals surface area (Å²) in [7, 11) is 0. The van der Waals surface area contributed by atoms with Gasteiger partial charge in [0.1, 0.15) is 34.5 Å². The van der Waals surface area contributed by atoms with Crippen LogP contribution in [-0.2, 0) is 0 Å². The second kappa shape index (κ2) is 17.8. The molecule has 0 fully saturated rings. The number of carboxylic acids is 3. The second-order valence-electron chi connectivity index (χ2n) is 6.45. The zero-order chi connectivity index (χ0) is 27.9. The van der Waals surface area contributed by atoms with E-state index in [-0.39, 0.29) is 105 Å². The fraction of sp³-hybridized carbons (Fsp3) is 0. The summed E-state index contributed by atoms with van der Waals surface area (Å²) in [6.45, 7) is 0. The van der Waals surface area contributed by atoms with Crippen molar-refractivity contribution in [3.05, 3.63) is 53.1 Å². The second-order valence-corrected chi connectivity index (χ2v) is 6.45. The summed E-state index contributed by atoms with van der Waals surface area (Å²) < 4.78 is 0. The van der Waals surface area contributed by atoms with Crippen LogP contribution in [0.2, 0.25) is 0 Å². The van der Waals surface area contributed by atoms with Gasteiger partial charge in [-0.25, -0.2) is 14.4 Å². The smallest absolute Gasteiger partial charge is 0.867 e. The Morgan fingerprint density at radius 2 is 0.538 bits per heavy atom. The molecule has 0 saturated carbocycles. The fourth-order valence-corrected chi connectivity index (χ4v) is 2.17. The molecular weight excluding hydrogens is 561 g/mol. The van der Waals surface area contributed by atoms with Crippen molar-refractivity contribution in [1.29, 1.82) is 0 Å². The third-order valence-corrected chi connectivity index (χ3v) is 3.89. The number of aromatic hydroxyl groups is 6. The fourth-order valence-electron chi connectivity index (χ4n) is 2.17. The summed E-state index contributed by atoms with van der Waals surface area (Å²) in [5, 5.41) is 110. The van der Waals surface area contributed by atoms with Crippen LogP contribution in [0.3, 0.4) is 0 Å². The number of carboxylic acid groups (broad SMARTS) is 3. The predicted molar refractivity (Wildman–Crippen MR) is 109 cm³/mol. The van der Waals surface area contributed by atoms with Crippen LogP contribution in [0.15, 0.2) is 36.4 Å². The van der Waals surface area contributed by atoms with Crippen LogP contribution in [0, 0.1) is 0 Å². The van der Waals surface area contributed by atoms with Gasteiger partial charge < -0.3 is 61.3 Å². The van der Waals surface area contributed by atoms with Gasteiger partial charge in [-0.05, 0) is 53.6 Å². The molecule has 0 atom stereocenters. The molecule has 0 heterocycles. The van der Waals surface area contributed by atoms with Gasteiger partial charge in [-0.15, -0.1) is 0 Å². The van der Waals surface area contributed by atoms with Crippen molar-refractivity contribution in [2.45, 2.75) is 0 Å². The van der Waals surface area contributed by atoms with Gasteiger partial charge in [0.05, 0.1) is 16.7 Å². The number of hydrogen-bond donors (Lipinski definition) is 9. The Morgan fingerprint density at radius 1 is 0.410 bits per heavy atom. The molecule has 0 aliphatic heterocycles. The Morgan fingerprint density at radius 3 is 0.641 bits per heavy atom. The first kappa shape index (κ1) is 40.8. The molecule has 0 aliphatic carbocycles. The van der Waals surface area contributed by atoms with Crippen molar-refractivity contribution >= 4 is 17.9 Å². The molecule has 9 N–H and O–H groups in total. The first-order valence-corrected chi connectivity index (χ1v) is 8.95. The van der Waals surface area contributed by atoms with Gasteiger partial charge in [-0.1, -0.05) is 0 Å². The van der Waals surface area contributed by atoms with Crippen molar-refractivity contribution in [1.82, 2.24) is 0 Å². The third-order valence-electron chi connectivity index (χ3n) is 3.89. The number of phenolic OH excluding ortho intramolecular Hbond substituents is 6. The molecule has 18 heteroatoms. The summed E-state index contributed by atoms with van der Waals surface area (Å²) in [6.07, 6.45) is 0. The van der Waals surface area contributed by atoms with Crippen LogP contribution in [0.1, 0.15) is 31.1 Å². The van der Waals surface area contributed by atoms with Crippen molar-refractivity contribution in [2.24, 2.45) is 0 Å². The molecule has 3 aromatic rings. The van der Waals surface area contributed by atoms with Crippen molar-refractivity contribution in [3.8, 4) is 51.7 Å². The summed E-state index contributed by atoms with van der Waals surface area (Å²) in [5.74, 6) is -11.5. The molecule has 0 amide bonds. The Bertz CT molecular complexity index is 1100. The number of phenols is 6. The van der Waals surface area contributed by atoms with Crippen molar-refractivity contribution in [2.75, 3.05) is 0 Å². The number of benzene rings is 3. The van der Waals surface area contributed by atoms with Crippen LogP contribution in [-0.4, -0.2) is 63.9 Å². The molecule has 0 spiro atoms. The van der Waals surface area contributed by atoms with E-state index in [1.807, 2.05) is 0 Å². The van der Waals surface area contributed by atoms with Gasteiger partial charge in [0, 0.05) is 0 Å². The molecule has 39 heavy (non-hydrogen) atoms. The van der Waals surface area contributed by atoms with E-state index in [1.165, 1.54) is 0 Å². The van der Waals surface area contributed by atoms with E-state index in [9.17, 15) is 29.7 Å². The quantitative estimate of drug-likeness (QED) is 0.131. The molecule has 0 bridgehead atoms. The summed E-state index contributed by atoms with van der Waals surface area (Å²) >= 11 is 0. The standard InChI is InChI=1S/3C7H6O5.3Na/c3*8-4-1-3(7(11)12)2-5(9)6(4)10;;;/h3*1-2,8-10H,(H,11,12);;;/q;;;3*+1/p-3. The minimum absolute atomic E-state index is 0. The first-order chi connectivity index (χ1) is 16.6. The van der Waals surface area contributed by atoms with E-state index in [1.54, 1.807) is 0 Å². The zero-order valence-electron chi connectivity index (χ0n) is 20.4. The van der Waals surface area contributed by atoms with Crippen LogP contribution < -0.4 is 104 Å². The van der Waals surface area contributed by atoms with Gasteiger partial charge >= 0.3 is 107 Å². The number of rotatable bonds is 3. The molecule has 0 unspecified atom stereocenters. The van der Waals surface area contributed by atoms with Gasteiger partial charge in [0.2, 0.25) is 0 Å². The maximum atomic E-state index is 10.7. The SMILES string of the molecule is O=C(O)c1cc(O)c([O-])c(O)c1.O=C(O)c1cc(O)c([O-])c(O)c1.O=C(O)c1cc(O)c([O-])c(O)c1.[Na+].[Na+].[Na+]. The van der Waals surface area contributed by atoms with Crippen LogP contribution in [0.4, 0.5) is 0 Å². The van der Waals surface area contributed by atoms with Gasteiger partial charge in [0.15, 0.2) is 0 Å². The van der Waals surface area contributed by atoms with E-state index in [0.717, 1.165) is 36.4 Å². The third kappa shape index (κ3) is 11.9. The molecule has 0 saturated heterocycles. The van der Waals surface area contributed by atoms with Crippen LogP contribution in [0.5, 0.6) is 51.7 Å². The van der Waals surface area contributed by atoms with E-state index in [0.29, 0.717) is 0 Å². The zero-order valence-corrected chi connectivity index (χ0v) is 26.4. The Hall–Kier alpha value is -2.73. The van der Waals surface area contributed by atoms with Gasteiger partial charge in [-0.2, -0.15) is 0 Å². The normalized spacial score (nSPS) is 8.92. The average Bonchev–Trinajstić information content (AvgIpc) is 2.79. The maximum Gasteiger partial charge on any atom is 1.00 e. The van der Waals surface area contributed by atoms with E-state index in [2.05, 4.69) is 0 Å². The topological polar surface area (TPSA) is 302 Å². The molecule has 15 nitrogen and oxygen atoms in total. The molecule has 3 aromatic carbocycles. The molecule has 0 radical (unpaired) electrons. The molecule has 0 aromatic heterocycles. The van der Waals surface area contributed by atoms with E-state index in [4.69, 9.17) is 46.0 Å². The van der Waals surface area contributed by atoms with Crippen molar-refractivity contribution < 1.29 is 164 Å². The first-order valence-electron chi connectivity index (χ1n) is 8.95. The minimum Gasteiger partial charge on any atom is -0.867 e. The molecule has 3 rings (SSSR count). The summed E-state index contributed by atoms with van der Waals surface area (Å²) in [5.41, 5.74) is -0.987. The average molecular weight is 576 g/mol. The monoisotopic (exact) mass is 576 g/mol. The van der Waals surface area contributed by atoms with E-state index >= 15 is 0 Å². The summed E-state index contributed by atoms with van der Waals surface area (Å²) in [4.78, 5) is 30.9. The number of hydrogen-bond acceptors (Lipinski definition) is 12. The van der Waals surface area contributed by atoms with Crippen LogP contribution >= 0.6 is 0 Å². The molecule has 0 aliphatic rings. The van der Waals surface area contributed by atoms with Crippen LogP contribution in [0.25, 0.3) is 0 Å². The molecule has 192 valence electrons. The van der Waals surface area contributed by atoms with Crippen molar-refractivity contribution in [3.63, 3.8) is 0 Å². The summed E-state index contributed by atoms with van der Waals surface area (Å²) in [6, 6.07) is 4.69. The predicted octanol–water partition coefficient (Wildman–Crippen LogP) is -9.38.